The SMILES string of the molecule is CC(C)c1ccc(SCCc2cc[nH+]cc2)cc1.[Cl-]. The first-order valence-electron chi connectivity index (χ1n) is 6.43. The molecule has 0 saturated carbocycles. The zero-order chi connectivity index (χ0) is 12.8. The topological polar surface area (TPSA) is 14.1 Å². The fourth-order valence-corrected chi connectivity index (χ4v) is 2.73. The van der Waals surface area contributed by atoms with Crippen molar-refractivity contribution in [3.8, 4) is 0 Å². The number of H-pyrrole nitrogens is 1. The minimum atomic E-state index is 0. The summed E-state index contributed by atoms with van der Waals surface area (Å²) in [7, 11) is 0. The van der Waals surface area contributed by atoms with Gasteiger partial charge in [-0.25, -0.2) is 4.98 Å². The predicted molar refractivity (Wildman–Crippen MR) is 78.0 cm³/mol. The van der Waals surface area contributed by atoms with E-state index in [2.05, 4.69) is 55.2 Å². The molecule has 0 spiro atoms. The molecule has 2 aromatic rings. The van der Waals surface area contributed by atoms with E-state index >= 15 is 0 Å². The van der Waals surface area contributed by atoms with E-state index in [9.17, 15) is 0 Å². The van der Waals surface area contributed by atoms with Gasteiger partial charge >= 0.3 is 0 Å². The highest BCUT2D eigenvalue weighted by Gasteiger charge is 2.00. The summed E-state index contributed by atoms with van der Waals surface area (Å²) in [5, 5.41) is 0. The molecular weight excluding hydrogens is 274 g/mol. The third-order valence-electron chi connectivity index (χ3n) is 2.99. The van der Waals surface area contributed by atoms with Crippen LogP contribution in [0.1, 0.15) is 30.9 Å². The average molecular weight is 294 g/mol. The Labute approximate surface area is 126 Å². The molecule has 102 valence electrons. The zero-order valence-electron chi connectivity index (χ0n) is 11.4. The number of hydrogen-bond acceptors (Lipinski definition) is 1. The molecule has 2 rings (SSSR count). The minimum Gasteiger partial charge on any atom is -1.00 e. The van der Waals surface area contributed by atoms with Crippen molar-refractivity contribution in [2.24, 2.45) is 0 Å². The van der Waals surface area contributed by atoms with Gasteiger partial charge in [-0.05, 0) is 35.6 Å². The van der Waals surface area contributed by atoms with E-state index in [4.69, 9.17) is 0 Å². The van der Waals surface area contributed by atoms with Gasteiger partial charge in [-0.3, -0.25) is 0 Å². The van der Waals surface area contributed by atoms with Gasteiger partial charge in [-0.15, -0.1) is 11.8 Å². The Bertz CT molecular complexity index is 468. The number of aromatic amines is 1. The van der Waals surface area contributed by atoms with Crippen molar-refractivity contribution in [3.05, 3.63) is 59.9 Å². The van der Waals surface area contributed by atoms with Crippen LogP contribution in [0.4, 0.5) is 0 Å². The molecule has 19 heavy (non-hydrogen) atoms. The number of rotatable bonds is 5. The van der Waals surface area contributed by atoms with Crippen molar-refractivity contribution < 1.29 is 17.4 Å². The van der Waals surface area contributed by atoms with Crippen LogP contribution in [0, 0.1) is 0 Å². The van der Waals surface area contributed by atoms with E-state index in [1.807, 2.05) is 24.2 Å². The smallest absolute Gasteiger partial charge is 0.167 e. The molecule has 0 unspecified atom stereocenters. The Morgan fingerprint density at radius 1 is 1.00 bits per heavy atom. The lowest BCUT2D eigenvalue weighted by molar-refractivity contribution is -0.378. The second-order valence-corrected chi connectivity index (χ2v) is 5.90. The summed E-state index contributed by atoms with van der Waals surface area (Å²) in [5.41, 5.74) is 2.80. The molecule has 0 atom stereocenters. The fraction of sp³-hybridized carbons (Fsp3) is 0.312. The molecule has 0 radical (unpaired) electrons. The number of aromatic nitrogens is 1. The molecule has 1 nitrogen and oxygen atoms in total. The first kappa shape index (κ1) is 16.1. The number of aryl methyl sites for hydroxylation is 1. The average Bonchev–Trinajstić information content (AvgIpc) is 2.40. The molecule has 3 heteroatoms. The molecule has 1 N–H and O–H groups in total. The number of nitrogens with one attached hydrogen (secondary N) is 1. The first-order chi connectivity index (χ1) is 8.75. The van der Waals surface area contributed by atoms with Crippen LogP contribution in [0.5, 0.6) is 0 Å². The maximum absolute atomic E-state index is 3.05. The maximum Gasteiger partial charge on any atom is 0.167 e. The summed E-state index contributed by atoms with van der Waals surface area (Å²) >= 11 is 1.93. The Hall–Kier alpha value is -0.990. The predicted octanol–water partition coefficient (Wildman–Crippen LogP) is 0.963. The van der Waals surface area contributed by atoms with Crippen LogP contribution in [0.2, 0.25) is 0 Å². The highest BCUT2D eigenvalue weighted by molar-refractivity contribution is 7.99. The van der Waals surface area contributed by atoms with Crippen LogP contribution < -0.4 is 17.4 Å². The van der Waals surface area contributed by atoms with Crippen LogP contribution in [0.25, 0.3) is 0 Å². The van der Waals surface area contributed by atoms with Crippen molar-refractivity contribution >= 4 is 11.8 Å². The van der Waals surface area contributed by atoms with E-state index in [-0.39, 0.29) is 12.4 Å². The number of pyridine rings is 1. The Balaban J connectivity index is 0.00000180. The highest BCUT2D eigenvalue weighted by atomic mass is 35.5. The van der Waals surface area contributed by atoms with Gasteiger partial charge in [0.2, 0.25) is 0 Å². The largest absolute Gasteiger partial charge is 1.00 e. The number of halogens is 1. The summed E-state index contributed by atoms with van der Waals surface area (Å²) < 4.78 is 0. The van der Waals surface area contributed by atoms with Crippen LogP contribution in [0.3, 0.4) is 0 Å². The van der Waals surface area contributed by atoms with E-state index in [0.717, 1.165) is 12.2 Å². The van der Waals surface area contributed by atoms with Crippen molar-refractivity contribution in [1.82, 2.24) is 0 Å². The van der Waals surface area contributed by atoms with Crippen molar-refractivity contribution in [1.29, 1.82) is 0 Å². The Morgan fingerprint density at radius 3 is 2.21 bits per heavy atom. The van der Waals surface area contributed by atoms with Gasteiger partial charge in [-0.1, -0.05) is 26.0 Å². The third-order valence-corrected chi connectivity index (χ3v) is 4.01. The molecule has 1 aromatic carbocycles. The summed E-state index contributed by atoms with van der Waals surface area (Å²) in [4.78, 5) is 4.41. The number of thioether (sulfide) groups is 1. The first-order valence-corrected chi connectivity index (χ1v) is 7.42. The minimum absolute atomic E-state index is 0. The number of benzene rings is 1. The van der Waals surface area contributed by atoms with Gasteiger partial charge in [0.15, 0.2) is 12.4 Å². The van der Waals surface area contributed by atoms with Crippen LogP contribution >= 0.6 is 11.8 Å². The molecule has 0 saturated heterocycles. The van der Waals surface area contributed by atoms with Gasteiger partial charge in [0.25, 0.3) is 0 Å². The molecule has 0 bridgehead atoms. The van der Waals surface area contributed by atoms with Gasteiger partial charge in [0.1, 0.15) is 0 Å². The third kappa shape index (κ3) is 5.25. The second-order valence-electron chi connectivity index (χ2n) is 4.73. The monoisotopic (exact) mass is 293 g/mol. The Morgan fingerprint density at radius 2 is 1.63 bits per heavy atom. The molecule has 1 heterocycles. The van der Waals surface area contributed by atoms with Crippen molar-refractivity contribution in [2.75, 3.05) is 5.75 Å². The molecule has 0 fully saturated rings. The molecular formula is C16H20ClNS. The standard InChI is InChI=1S/C16H19NS.ClH/c1-13(2)15-3-5-16(6-4-15)18-12-9-14-7-10-17-11-8-14;/h3-8,10-11,13H,9,12H2,1-2H3;1H. The van der Waals surface area contributed by atoms with Gasteiger partial charge in [0, 0.05) is 22.8 Å². The van der Waals surface area contributed by atoms with Gasteiger partial charge < -0.3 is 12.4 Å². The zero-order valence-corrected chi connectivity index (χ0v) is 13.0. The van der Waals surface area contributed by atoms with E-state index < -0.39 is 0 Å². The van der Waals surface area contributed by atoms with Crippen molar-refractivity contribution in [2.45, 2.75) is 31.1 Å². The highest BCUT2D eigenvalue weighted by Crippen LogP contribution is 2.22. The lowest BCUT2D eigenvalue weighted by Gasteiger charge is -2.06. The van der Waals surface area contributed by atoms with Crippen LogP contribution in [-0.4, -0.2) is 5.75 Å². The summed E-state index contributed by atoms with van der Waals surface area (Å²) in [6, 6.07) is 13.2. The summed E-state index contributed by atoms with van der Waals surface area (Å²) in [6.45, 7) is 4.46. The van der Waals surface area contributed by atoms with E-state index in [0.29, 0.717) is 5.92 Å². The van der Waals surface area contributed by atoms with E-state index in [1.54, 1.807) is 0 Å². The molecule has 1 aromatic heterocycles. The maximum atomic E-state index is 3.05. The second kappa shape index (κ2) is 8.23. The van der Waals surface area contributed by atoms with E-state index in [1.165, 1.54) is 16.0 Å². The fourth-order valence-electron chi connectivity index (χ4n) is 1.82. The lowest BCUT2D eigenvalue weighted by atomic mass is 10.0. The molecule has 0 aliphatic heterocycles. The number of hydrogen-bond donors (Lipinski definition) is 0. The van der Waals surface area contributed by atoms with Crippen LogP contribution in [0.15, 0.2) is 53.7 Å². The molecule has 0 amide bonds. The van der Waals surface area contributed by atoms with Crippen molar-refractivity contribution in [3.63, 3.8) is 0 Å². The summed E-state index contributed by atoms with van der Waals surface area (Å²) in [6.07, 6.45) is 5.08. The Kier molecular flexibility index (Phi) is 6.96. The summed E-state index contributed by atoms with van der Waals surface area (Å²) in [5.74, 6) is 1.75. The quantitative estimate of drug-likeness (QED) is 0.749. The molecule has 0 aliphatic rings. The van der Waals surface area contributed by atoms with Crippen LogP contribution in [-0.2, 0) is 6.42 Å². The normalized spacial score (nSPS) is 10.3. The van der Waals surface area contributed by atoms with Gasteiger partial charge in [-0.2, -0.15) is 0 Å². The van der Waals surface area contributed by atoms with Gasteiger partial charge in [0.05, 0.1) is 0 Å². The lowest BCUT2D eigenvalue weighted by Crippen LogP contribution is -3.00. The molecule has 0 aliphatic carbocycles.